The van der Waals surface area contributed by atoms with E-state index >= 15 is 0 Å². The molecule has 176 valence electrons. The summed E-state index contributed by atoms with van der Waals surface area (Å²) in [7, 11) is 1.63. The molecule has 2 aliphatic rings. The van der Waals surface area contributed by atoms with E-state index in [4.69, 9.17) is 4.74 Å². The van der Waals surface area contributed by atoms with Crippen molar-refractivity contribution in [1.29, 1.82) is 0 Å². The van der Waals surface area contributed by atoms with Crippen LogP contribution in [0.25, 0.3) is 0 Å². The van der Waals surface area contributed by atoms with E-state index in [1.165, 1.54) is 6.20 Å². The van der Waals surface area contributed by atoms with Crippen molar-refractivity contribution in [3.8, 4) is 17.6 Å². The molecule has 2 aromatic carbocycles. The maximum atomic E-state index is 12.9. The first-order chi connectivity index (χ1) is 17.1. The Kier molecular flexibility index (Phi) is 6.21. The monoisotopic (exact) mass is 467 g/mol. The van der Waals surface area contributed by atoms with Crippen molar-refractivity contribution in [2.75, 3.05) is 26.8 Å². The Bertz CT molecular complexity index is 1280. The average molecular weight is 468 g/mol. The standard InChI is InChI=1S/C28H25N3O4/c1-35-23-12-8-20(9-13-23)5-4-19-6-10-21(11-7-19)27-24-16-30(17-26(33)31(24)25(27)18-32)28(34)22-3-2-14-29-15-22/h2-3,6-15,24-25,27,32H,16-18H2,1H3/t24-,25-,27+/m0/s1. The van der Waals surface area contributed by atoms with Crippen LogP contribution in [0.4, 0.5) is 0 Å². The fourth-order valence-corrected chi connectivity index (χ4v) is 4.93. The van der Waals surface area contributed by atoms with E-state index in [-0.39, 0.29) is 43.0 Å². The molecule has 2 fully saturated rings. The highest BCUT2D eigenvalue weighted by atomic mass is 16.5. The summed E-state index contributed by atoms with van der Waals surface area (Å²) in [6.07, 6.45) is 3.12. The van der Waals surface area contributed by atoms with Crippen molar-refractivity contribution in [1.82, 2.24) is 14.8 Å². The molecule has 3 heterocycles. The van der Waals surface area contributed by atoms with Crippen molar-refractivity contribution in [2.45, 2.75) is 18.0 Å². The van der Waals surface area contributed by atoms with Gasteiger partial charge in [-0.05, 0) is 54.1 Å². The molecule has 3 atom stereocenters. The average Bonchev–Trinajstić information content (AvgIpc) is 2.89. The van der Waals surface area contributed by atoms with E-state index in [1.807, 2.05) is 48.5 Å². The summed E-state index contributed by atoms with van der Waals surface area (Å²) >= 11 is 0. The number of nitrogens with zero attached hydrogens (tertiary/aromatic N) is 3. The Labute approximate surface area is 204 Å². The lowest BCUT2D eigenvalue weighted by atomic mass is 9.73. The summed E-state index contributed by atoms with van der Waals surface area (Å²) in [6, 6.07) is 18.4. The molecule has 35 heavy (non-hydrogen) atoms. The Morgan fingerprint density at radius 1 is 1.09 bits per heavy atom. The van der Waals surface area contributed by atoms with Crippen molar-refractivity contribution < 1.29 is 19.4 Å². The van der Waals surface area contributed by atoms with Crippen LogP contribution in [0.1, 0.15) is 33.0 Å². The molecule has 0 unspecified atom stereocenters. The van der Waals surface area contributed by atoms with Gasteiger partial charge in [-0.3, -0.25) is 14.6 Å². The number of amides is 2. The van der Waals surface area contributed by atoms with Crippen LogP contribution >= 0.6 is 0 Å². The first kappa shape index (κ1) is 22.6. The molecule has 0 bridgehead atoms. The number of carbonyl (C=O) groups is 2. The van der Waals surface area contributed by atoms with Gasteiger partial charge in [-0.15, -0.1) is 0 Å². The molecule has 3 aromatic rings. The van der Waals surface area contributed by atoms with Crippen molar-refractivity contribution in [3.05, 3.63) is 95.3 Å². The number of carbonyl (C=O) groups excluding carboxylic acids is 2. The number of aliphatic hydroxyl groups excluding tert-OH is 1. The highest BCUT2D eigenvalue weighted by Crippen LogP contribution is 2.43. The highest BCUT2D eigenvalue weighted by molar-refractivity contribution is 5.97. The number of benzene rings is 2. The molecule has 2 amide bonds. The van der Waals surface area contributed by atoms with Crippen LogP contribution < -0.4 is 4.74 Å². The van der Waals surface area contributed by atoms with Gasteiger partial charge in [-0.1, -0.05) is 24.0 Å². The van der Waals surface area contributed by atoms with Gasteiger partial charge in [0.05, 0.1) is 31.4 Å². The molecular formula is C28H25N3O4. The predicted octanol–water partition coefficient (Wildman–Crippen LogP) is 2.30. The zero-order chi connectivity index (χ0) is 24.4. The second-order valence-electron chi connectivity index (χ2n) is 8.67. The van der Waals surface area contributed by atoms with Gasteiger partial charge in [-0.25, -0.2) is 0 Å². The first-order valence-corrected chi connectivity index (χ1v) is 11.5. The van der Waals surface area contributed by atoms with Crippen LogP contribution in [0, 0.1) is 11.8 Å². The van der Waals surface area contributed by atoms with E-state index < -0.39 is 0 Å². The number of hydrogen-bond donors (Lipinski definition) is 1. The number of aliphatic hydroxyl groups is 1. The quantitative estimate of drug-likeness (QED) is 0.596. The lowest BCUT2D eigenvalue weighted by Crippen LogP contribution is -2.73. The molecule has 0 spiro atoms. The zero-order valence-corrected chi connectivity index (χ0v) is 19.3. The van der Waals surface area contributed by atoms with Gasteiger partial charge in [0.15, 0.2) is 0 Å². The van der Waals surface area contributed by atoms with Crippen molar-refractivity contribution in [2.24, 2.45) is 0 Å². The smallest absolute Gasteiger partial charge is 0.255 e. The zero-order valence-electron chi connectivity index (χ0n) is 19.3. The van der Waals surface area contributed by atoms with E-state index in [2.05, 4.69) is 16.8 Å². The van der Waals surface area contributed by atoms with Gasteiger partial charge in [0.1, 0.15) is 12.3 Å². The molecule has 7 nitrogen and oxygen atoms in total. The molecule has 0 aliphatic carbocycles. The molecular weight excluding hydrogens is 442 g/mol. The van der Waals surface area contributed by atoms with Gasteiger partial charge < -0.3 is 19.6 Å². The Morgan fingerprint density at radius 3 is 2.37 bits per heavy atom. The Hall–Kier alpha value is -4.15. The minimum absolute atomic E-state index is 0.00728. The Morgan fingerprint density at radius 2 is 1.77 bits per heavy atom. The molecule has 2 saturated heterocycles. The van der Waals surface area contributed by atoms with Crippen LogP contribution in [0.2, 0.25) is 0 Å². The van der Waals surface area contributed by atoms with E-state index in [0.717, 1.165) is 22.4 Å². The van der Waals surface area contributed by atoms with Crippen LogP contribution in [-0.2, 0) is 4.79 Å². The third kappa shape index (κ3) is 4.36. The van der Waals surface area contributed by atoms with Gasteiger partial charge in [-0.2, -0.15) is 0 Å². The van der Waals surface area contributed by atoms with Crippen LogP contribution in [0.5, 0.6) is 5.75 Å². The summed E-state index contributed by atoms with van der Waals surface area (Å²) in [4.78, 5) is 33.1. The molecule has 7 heteroatoms. The summed E-state index contributed by atoms with van der Waals surface area (Å²) < 4.78 is 5.17. The SMILES string of the molecule is COc1ccc(C#Cc2ccc([C@H]3[C@H](CO)N4C(=O)CN(C(=O)c5cccnc5)C[C@@H]34)cc2)cc1. The third-order valence-corrected chi connectivity index (χ3v) is 6.68. The fraction of sp³-hybridized carbons (Fsp3) is 0.250. The molecule has 5 rings (SSSR count). The maximum absolute atomic E-state index is 12.9. The number of rotatable bonds is 4. The number of fused-ring (bicyclic) bond motifs is 1. The molecule has 1 N–H and O–H groups in total. The third-order valence-electron chi connectivity index (χ3n) is 6.68. The largest absolute Gasteiger partial charge is 0.497 e. The highest BCUT2D eigenvalue weighted by Gasteiger charge is 2.54. The van der Waals surface area contributed by atoms with Gasteiger partial charge in [0.25, 0.3) is 5.91 Å². The molecule has 0 radical (unpaired) electrons. The summed E-state index contributed by atoms with van der Waals surface area (Å²) in [5.41, 5.74) is 3.24. The second-order valence-corrected chi connectivity index (χ2v) is 8.67. The normalized spacial score (nSPS) is 20.9. The van der Waals surface area contributed by atoms with E-state index in [9.17, 15) is 14.7 Å². The van der Waals surface area contributed by atoms with E-state index in [0.29, 0.717) is 12.1 Å². The number of piperazine rings is 1. The summed E-state index contributed by atoms with van der Waals surface area (Å²) in [5.74, 6) is 6.69. The first-order valence-electron chi connectivity index (χ1n) is 11.5. The number of methoxy groups -OCH3 is 1. The number of hydrogen-bond acceptors (Lipinski definition) is 5. The number of ether oxygens (including phenoxy) is 1. The fourth-order valence-electron chi connectivity index (χ4n) is 4.93. The predicted molar refractivity (Wildman–Crippen MR) is 130 cm³/mol. The summed E-state index contributed by atoms with van der Waals surface area (Å²) in [5, 5.41) is 10.0. The molecule has 2 aliphatic heterocycles. The molecule has 0 saturated carbocycles. The number of pyridine rings is 1. The van der Waals surface area contributed by atoms with Gasteiger partial charge in [0, 0.05) is 36.0 Å². The minimum Gasteiger partial charge on any atom is -0.497 e. The van der Waals surface area contributed by atoms with Crippen LogP contribution in [-0.4, -0.2) is 70.6 Å². The minimum atomic E-state index is -0.292. The maximum Gasteiger partial charge on any atom is 0.255 e. The molecule has 1 aromatic heterocycles. The lowest BCUT2D eigenvalue weighted by molar-refractivity contribution is -0.159. The van der Waals surface area contributed by atoms with Crippen LogP contribution in [0.3, 0.4) is 0 Å². The van der Waals surface area contributed by atoms with Gasteiger partial charge >= 0.3 is 0 Å². The lowest BCUT2D eigenvalue weighted by Gasteiger charge is -2.58. The Balaban J connectivity index is 1.33. The van der Waals surface area contributed by atoms with Gasteiger partial charge in [0.2, 0.25) is 5.91 Å². The number of aromatic nitrogens is 1. The van der Waals surface area contributed by atoms with E-state index in [1.54, 1.807) is 35.2 Å². The topological polar surface area (TPSA) is 83.0 Å². The summed E-state index contributed by atoms with van der Waals surface area (Å²) in [6.45, 7) is 0.301. The van der Waals surface area contributed by atoms with Crippen molar-refractivity contribution in [3.63, 3.8) is 0 Å². The second kappa shape index (κ2) is 9.61. The van der Waals surface area contributed by atoms with Crippen molar-refractivity contribution >= 4 is 11.8 Å². The van der Waals surface area contributed by atoms with Crippen LogP contribution in [0.15, 0.2) is 73.1 Å².